The molecule has 10 heteroatoms. The second kappa shape index (κ2) is 8.52. The topological polar surface area (TPSA) is 89.4 Å². The Kier molecular flexibility index (Phi) is 6.55. The van der Waals surface area contributed by atoms with Gasteiger partial charge in [-0.05, 0) is 32.1 Å². The van der Waals surface area contributed by atoms with Crippen LogP contribution in [0.25, 0.3) is 0 Å². The van der Waals surface area contributed by atoms with Crippen LogP contribution in [-0.2, 0) is 27.8 Å². The van der Waals surface area contributed by atoms with Gasteiger partial charge in [-0.15, -0.1) is 22.6 Å². The van der Waals surface area contributed by atoms with Gasteiger partial charge < -0.3 is 14.6 Å². The molecular weight excluding hydrogens is 378 g/mol. The Morgan fingerprint density at radius 3 is 2.65 bits per heavy atom. The van der Waals surface area contributed by atoms with Gasteiger partial charge in [-0.3, -0.25) is 0 Å². The lowest BCUT2D eigenvalue weighted by atomic mass is 9.97. The summed E-state index contributed by atoms with van der Waals surface area (Å²) in [6.07, 6.45) is 4.46. The molecule has 3 aliphatic rings. The van der Waals surface area contributed by atoms with Crippen molar-refractivity contribution in [3.05, 3.63) is 11.6 Å². The van der Waals surface area contributed by atoms with Crippen molar-refractivity contribution in [1.29, 1.82) is 0 Å². The Morgan fingerprint density at radius 1 is 1.12 bits per heavy atom. The van der Waals surface area contributed by atoms with Crippen LogP contribution >= 0.6 is 12.4 Å². The lowest BCUT2D eigenvalue weighted by molar-refractivity contribution is 0.0298. The molecule has 0 amide bonds. The third-order valence-corrected chi connectivity index (χ3v) is 7.48. The van der Waals surface area contributed by atoms with Gasteiger partial charge in [-0.1, -0.05) is 0 Å². The Morgan fingerprint density at radius 2 is 1.92 bits per heavy atom. The number of nitrogens with one attached hydrogen (secondary N) is 1. The molecule has 0 radical (unpaired) electrons. The zero-order chi connectivity index (χ0) is 17.3. The number of piperidine rings is 1. The summed E-state index contributed by atoms with van der Waals surface area (Å²) in [4.78, 5) is 0. The van der Waals surface area contributed by atoms with Gasteiger partial charge in [0.25, 0.3) is 0 Å². The first-order valence-electron chi connectivity index (χ1n) is 9.35. The molecule has 2 fully saturated rings. The van der Waals surface area contributed by atoms with E-state index in [0.29, 0.717) is 25.6 Å². The van der Waals surface area contributed by atoms with Crippen LogP contribution in [0.15, 0.2) is 0 Å². The summed E-state index contributed by atoms with van der Waals surface area (Å²) in [6.45, 7) is 4.43. The standard InChI is InChI=1S/C16H27N5O3S.ClH/c22-25(23,12-14-3-1-2-10-24-14)20-7-4-13(5-8-20)16-19-18-15-11-17-6-9-21(15)16;/h13-14,17H,1-12H2;1H. The molecule has 4 heterocycles. The molecule has 0 aromatic carbocycles. The zero-order valence-electron chi connectivity index (χ0n) is 15.0. The normalized spacial score (nSPS) is 25.5. The Balaban J connectivity index is 0.00000196. The number of ether oxygens (including phenoxy) is 1. The first-order chi connectivity index (χ1) is 12.1. The molecule has 1 N–H and O–H groups in total. The predicted octanol–water partition coefficient (Wildman–Crippen LogP) is 0.881. The number of halogens is 1. The van der Waals surface area contributed by atoms with Gasteiger partial charge in [-0.25, -0.2) is 12.7 Å². The fourth-order valence-corrected chi connectivity index (χ4v) is 5.80. The van der Waals surface area contributed by atoms with Crippen LogP contribution in [0.2, 0.25) is 0 Å². The molecule has 4 rings (SSSR count). The highest BCUT2D eigenvalue weighted by Gasteiger charge is 2.33. The van der Waals surface area contributed by atoms with E-state index >= 15 is 0 Å². The maximum atomic E-state index is 12.7. The second-order valence-corrected chi connectivity index (χ2v) is 9.26. The highest BCUT2D eigenvalue weighted by Crippen LogP contribution is 2.29. The van der Waals surface area contributed by atoms with Crippen LogP contribution in [0.5, 0.6) is 0 Å². The van der Waals surface area contributed by atoms with Gasteiger partial charge in [0.05, 0.1) is 18.4 Å². The third kappa shape index (κ3) is 4.22. The van der Waals surface area contributed by atoms with E-state index in [4.69, 9.17) is 4.74 Å². The Bertz CT molecular complexity index is 697. The molecule has 0 bridgehead atoms. The first-order valence-corrected chi connectivity index (χ1v) is 11.0. The lowest BCUT2D eigenvalue weighted by Gasteiger charge is -2.33. The number of nitrogens with zero attached hydrogens (tertiary/aromatic N) is 4. The Hall–Kier alpha value is -0.740. The molecular formula is C16H28ClN5O3S. The van der Waals surface area contributed by atoms with Gasteiger partial charge in [-0.2, -0.15) is 0 Å². The van der Waals surface area contributed by atoms with E-state index in [1.165, 1.54) is 0 Å². The van der Waals surface area contributed by atoms with Crippen LogP contribution in [0, 0.1) is 0 Å². The molecule has 0 aliphatic carbocycles. The zero-order valence-corrected chi connectivity index (χ0v) is 16.6. The van der Waals surface area contributed by atoms with Crippen molar-refractivity contribution < 1.29 is 13.2 Å². The number of rotatable bonds is 4. The molecule has 8 nitrogen and oxygen atoms in total. The first kappa shape index (κ1) is 20.0. The van der Waals surface area contributed by atoms with Crippen LogP contribution in [0.3, 0.4) is 0 Å². The summed E-state index contributed by atoms with van der Waals surface area (Å²) in [5.41, 5.74) is 0. The maximum absolute atomic E-state index is 12.7. The van der Waals surface area contributed by atoms with Crippen LogP contribution in [0.1, 0.15) is 49.7 Å². The summed E-state index contributed by atoms with van der Waals surface area (Å²) in [5, 5.41) is 12.0. The SMILES string of the molecule is Cl.O=S(=O)(CC1CCCCO1)N1CCC(c2nnc3n2CCNC3)CC1. The monoisotopic (exact) mass is 405 g/mol. The van der Waals surface area contributed by atoms with Crippen molar-refractivity contribution in [3.8, 4) is 0 Å². The summed E-state index contributed by atoms with van der Waals surface area (Å²) < 4.78 is 34.8. The molecule has 1 aromatic heterocycles. The van der Waals surface area contributed by atoms with Crippen molar-refractivity contribution in [2.75, 3.05) is 32.0 Å². The average Bonchev–Trinajstić information content (AvgIpc) is 3.06. The molecule has 26 heavy (non-hydrogen) atoms. The minimum Gasteiger partial charge on any atom is -0.377 e. The maximum Gasteiger partial charge on any atom is 0.216 e. The van der Waals surface area contributed by atoms with E-state index in [0.717, 1.165) is 63.4 Å². The molecule has 0 spiro atoms. The van der Waals surface area contributed by atoms with Crippen molar-refractivity contribution in [2.45, 2.75) is 57.2 Å². The van der Waals surface area contributed by atoms with Gasteiger partial charge >= 0.3 is 0 Å². The highest BCUT2D eigenvalue weighted by molar-refractivity contribution is 7.89. The van der Waals surface area contributed by atoms with Crippen LogP contribution in [0.4, 0.5) is 0 Å². The summed E-state index contributed by atoms with van der Waals surface area (Å²) in [6, 6.07) is 0. The fourth-order valence-electron chi connectivity index (χ4n) is 4.09. The van der Waals surface area contributed by atoms with E-state index in [2.05, 4.69) is 20.1 Å². The lowest BCUT2D eigenvalue weighted by Crippen LogP contribution is -2.43. The van der Waals surface area contributed by atoms with E-state index in [9.17, 15) is 8.42 Å². The molecule has 1 unspecified atom stereocenters. The summed E-state index contributed by atoms with van der Waals surface area (Å²) >= 11 is 0. The molecule has 148 valence electrons. The second-order valence-electron chi connectivity index (χ2n) is 7.24. The van der Waals surface area contributed by atoms with Gasteiger partial charge in [0.1, 0.15) is 11.6 Å². The predicted molar refractivity (Wildman–Crippen MR) is 99.9 cm³/mol. The molecule has 2 saturated heterocycles. The van der Waals surface area contributed by atoms with Crippen molar-refractivity contribution in [1.82, 2.24) is 24.4 Å². The smallest absolute Gasteiger partial charge is 0.216 e. The Labute approximate surface area is 161 Å². The third-order valence-electron chi connectivity index (χ3n) is 5.53. The molecule has 3 aliphatic heterocycles. The van der Waals surface area contributed by atoms with Crippen molar-refractivity contribution in [2.24, 2.45) is 0 Å². The van der Waals surface area contributed by atoms with Gasteiger partial charge in [0.2, 0.25) is 10.0 Å². The number of hydrogen-bond acceptors (Lipinski definition) is 6. The van der Waals surface area contributed by atoms with Crippen LogP contribution < -0.4 is 5.32 Å². The minimum absolute atomic E-state index is 0. The van der Waals surface area contributed by atoms with Crippen molar-refractivity contribution in [3.63, 3.8) is 0 Å². The summed E-state index contributed by atoms with van der Waals surface area (Å²) in [5.74, 6) is 2.45. The molecule has 0 saturated carbocycles. The average molecular weight is 406 g/mol. The van der Waals surface area contributed by atoms with E-state index in [1.807, 2.05) is 0 Å². The fraction of sp³-hybridized carbons (Fsp3) is 0.875. The van der Waals surface area contributed by atoms with E-state index in [1.54, 1.807) is 4.31 Å². The quantitative estimate of drug-likeness (QED) is 0.799. The van der Waals surface area contributed by atoms with Crippen LogP contribution in [-0.4, -0.2) is 65.6 Å². The number of sulfonamides is 1. The molecule has 1 atom stereocenters. The summed E-state index contributed by atoms with van der Waals surface area (Å²) in [7, 11) is -3.24. The minimum atomic E-state index is -3.24. The largest absolute Gasteiger partial charge is 0.377 e. The van der Waals surface area contributed by atoms with E-state index < -0.39 is 10.0 Å². The number of fused-ring (bicyclic) bond motifs is 1. The van der Waals surface area contributed by atoms with Crippen molar-refractivity contribution >= 4 is 22.4 Å². The number of hydrogen-bond donors (Lipinski definition) is 1. The molecule has 1 aromatic rings. The highest BCUT2D eigenvalue weighted by atomic mass is 35.5. The number of aromatic nitrogens is 3. The van der Waals surface area contributed by atoms with E-state index in [-0.39, 0.29) is 24.3 Å². The van der Waals surface area contributed by atoms with Gasteiger partial charge in [0, 0.05) is 38.7 Å². The van der Waals surface area contributed by atoms with Gasteiger partial charge in [0.15, 0.2) is 0 Å².